The van der Waals surface area contributed by atoms with E-state index >= 15 is 0 Å². The number of nitrogens with zero attached hydrogens (tertiary/aromatic N) is 4. The molecule has 0 aliphatic carbocycles. The van der Waals surface area contributed by atoms with Gasteiger partial charge in [-0.05, 0) is 30.5 Å². The third-order valence-corrected chi connectivity index (χ3v) is 6.82. The number of aryl methyl sites for hydroxylation is 1. The largest absolute Gasteiger partial charge is 0.459 e. The van der Waals surface area contributed by atoms with Crippen LogP contribution in [-0.4, -0.2) is 77.8 Å². The first-order valence-electron chi connectivity index (χ1n) is 11.6. The molecule has 178 valence electrons. The van der Waals surface area contributed by atoms with E-state index in [0.717, 1.165) is 41.2 Å². The number of urea groups is 1. The zero-order chi connectivity index (χ0) is 23.8. The third kappa shape index (κ3) is 3.91. The first-order valence-corrected chi connectivity index (χ1v) is 11.6. The summed E-state index contributed by atoms with van der Waals surface area (Å²) in [7, 11) is 1.66. The number of amides is 3. The normalized spacial score (nSPS) is 24.8. The van der Waals surface area contributed by atoms with E-state index in [4.69, 9.17) is 4.74 Å². The number of anilines is 1. The van der Waals surface area contributed by atoms with Crippen LogP contribution in [0.3, 0.4) is 0 Å². The molecule has 5 rings (SSSR count). The lowest BCUT2D eigenvalue weighted by Gasteiger charge is -2.44. The number of carbonyl (C=O) groups is 3. The maximum atomic E-state index is 13.5. The van der Waals surface area contributed by atoms with Gasteiger partial charge in [0.2, 0.25) is 0 Å². The summed E-state index contributed by atoms with van der Waals surface area (Å²) >= 11 is 0. The molecule has 2 aromatic carbocycles. The Labute approximate surface area is 198 Å². The van der Waals surface area contributed by atoms with Gasteiger partial charge in [-0.15, -0.1) is 0 Å². The van der Waals surface area contributed by atoms with Gasteiger partial charge in [-0.25, -0.2) is 4.79 Å². The molecule has 9 heteroatoms. The van der Waals surface area contributed by atoms with Crippen molar-refractivity contribution in [3.05, 3.63) is 65.7 Å². The fourth-order valence-electron chi connectivity index (χ4n) is 5.11. The van der Waals surface area contributed by atoms with Crippen molar-refractivity contribution in [2.75, 3.05) is 31.6 Å². The number of imide groups is 1. The van der Waals surface area contributed by atoms with Crippen molar-refractivity contribution >= 4 is 23.6 Å². The average Bonchev–Trinajstić information content (AvgIpc) is 3.25. The molecule has 34 heavy (non-hydrogen) atoms. The number of fused-ring (bicyclic) bond motifs is 3. The Morgan fingerprint density at radius 2 is 1.79 bits per heavy atom. The van der Waals surface area contributed by atoms with Crippen LogP contribution in [0.1, 0.15) is 17.5 Å². The lowest BCUT2D eigenvalue weighted by Crippen LogP contribution is -2.67. The SMILES string of the molecule is Cc1ccccc1N1CCCN2C3C(=O)N(CC(=O)OCc4ccccc4)C(=O)N(C)C3NC12. The molecule has 3 aliphatic rings. The summed E-state index contributed by atoms with van der Waals surface area (Å²) in [4.78, 5) is 46.0. The average molecular weight is 464 g/mol. The number of hydrogen-bond donors (Lipinski definition) is 1. The maximum absolute atomic E-state index is 13.5. The Morgan fingerprint density at radius 3 is 2.56 bits per heavy atom. The predicted molar refractivity (Wildman–Crippen MR) is 125 cm³/mol. The number of ether oxygens (including phenoxy) is 1. The summed E-state index contributed by atoms with van der Waals surface area (Å²) in [6.45, 7) is 3.33. The van der Waals surface area contributed by atoms with Crippen molar-refractivity contribution < 1.29 is 19.1 Å². The van der Waals surface area contributed by atoms with Crippen molar-refractivity contribution in [1.82, 2.24) is 20.0 Å². The van der Waals surface area contributed by atoms with Gasteiger partial charge in [0, 0.05) is 25.8 Å². The number of para-hydroxylation sites is 1. The Balaban J connectivity index is 1.33. The molecule has 2 aromatic rings. The minimum absolute atomic E-state index is 0.0962. The van der Waals surface area contributed by atoms with E-state index in [-0.39, 0.29) is 18.8 Å². The zero-order valence-electron chi connectivity index (χ0n) is 19.4. The lowest BCUT2D eigenvalue weighted by molar-refractivity contribution is -0.152. The van der Waals surface area contributed by atoms with Crippen LogP contribution >= 0.6 is 0 Å². The van der Waals surface area contributed by atoms with Crippen molar-refractivity contribution in [3.63, 3.8) is 0 Å². The second-order valence-corrected chi connectivity index (χ2v) is 8.97. The van der Waals surface area contributed by atoms with Crippen LogP contribution in [0, 0.1) is 6.92 Å². The second kappa shape index (κ2) is 9.08. The number of nitrogens with one attached hydrogen (secondary N) is 1. The summed E-state index contributed by atoms with van der Waals surface area (Å²) in [5.74, 6) is -0.980. The molecule has 3 saturated heterocycles. The molecular formula is C25H29N5O4. The van der Waals surface area contributed by atoms with Crippen LogP contribution in [0.15, 0.2) is 54.6 Å². The molecule has 3 heterocycles. The first-order chi connectivity index (χ1) is 16.5. The molecule has 3 unspecified atom stereocenters. The fraction of sp³-hybridized carbons (Fsp3) is 0.400. The minimum Gasteiger partial charge on any atom is -0.459 e. The van der Waals surface area contributed by atoms with E-state index in [1.54, 1.807) is 7.05 Å². The Hall–Kier alpha value is -3.43. The van der Waals surface area contributed by atoms with Gasteiger partial charge < -0.3 is 14.5 Å². The fourth-order valence-corrected chi connectivity index (χ4v) is 5.11. The van der Waals surface area contributed by atoms with Gasteiger partial charge in [0.1, 0.15) is 31.6 Å². The van der Waals surface area contributed by atoms with E-state index in [9.17, 15) is 14.4 Å². The van der Waals surface area contributed by atoms with Crippen LogP contribution in [-0.2, 0) is 20.9 Å². The zero-order valence-corrected chi connectivity index (χ0v) is 19.4. The van der Waals surface area contributed by atoms with Crippen molar-refractivity contribution in [2.24, 2.45) is 0 Å². The minimum atomic E-state index is -0.611. The molecular weight excluding hydrogens is 434 g/mol. The molecule has 3 atom stereocenters. The molecule has 0 spiro atoms. The van der Waals surface area contributed by atoms with Crippen LogP contribution < -0.4 is 10.2 Å². The van der Waals surface area contributed by atoms with Crippen LogP contribution in [0.4, 0.5) is 10.5 Å². The highest BCUT2D eigenvalue weighted by atomic mass is 16.5. The number of likely N-dealkylation sites (N-methyl/N-ethyl adjacent to an activating group) is 1. The standard InChI is InChI=1S/C25H29N5O4/c1-17-9-6-7-12-19(17)28-13-8-14-29-21-22(26-24(28)29)27(2)25(33)30(23(21)32)15-20(31)34-16-18-10-4-3-5-11-18/h3-7,9-12,21-22,24,26H,8,13-16H2,1-2H3. The van der Waals surface area contributed by atoms with Crippen molar-refractivity contribution in [3.8, 4) is 0 Å². The molecule has 3 fully saturated rings. The molecule has 0 radical (unpaired) electrons. The molecule has 1 N–H and O–H groups in total. The summed E-state index contributed by atoms with van der Waals surface area (Å²) in [5.41, 5.74) is 3.10. The van der Waals surface area contributed by atoms with Crippen LogP contribution in [0.25, 0.3) is 0 Å². The van der Waals surface area contributed by atoms with Gasteiger partial charge in [0.25, 0.3) is 5.91 Å². The Morgan fingerprint density at radius 1 is 1.06 bits per heavy atom. The highest BCUT2D eigenvalue weighted by Gasteiger charge is 2.56. The second-order valence-electron chi connectivity index (χ2n) is 8.97. The number of carbonyl (C=O) groups excluding carboxylic acids is 3. The summed E-state index contributed by atoms with van der Waals surface area (Å²) in [5, 5.41) is 3.50. The number of rotatable bonds is 5. The summed E-state index contributed by atoms with van der Waals surface area (Å²) < 4.78 is 5.33. The topological polar surface area (TPSA) is 85.4 Å². The van der Waals surface area contributed by atoms with Gasteiger partial charge in [0.05, 0.1) is 0 Å². The molecule has 3 amide bonds. The van der Waals surface area contributed by atoms with Crippen molar-refractivity contribution in [2.45, 2.75) is 38.4 Å². The smallest absolute Gasteiger partial charge is 0.328 e. The van der Waals surface area contributed by atoms with Gasteiger partial charge in [-0.2, -0.15) is 0 Å². The highest BCUT2D eigenvalue weighted by Crippen LogP contribution is 2.34. The lowest BCUT2D eigenvalue weighted by atomic mass is 10.1. The van der Waals surface area contributed by atoms with E-state index in [1.807, 2.05) is 42.5 Å². The van der Waals surface area contributed by atoms with E-state index in [0.29, 0.717) is 0 Å². The predicted octanol–water partition coefficient (Wildman–Crippen LogP) is 1.73. The molecule has 0 saturated carbocycles. The maximum Gasteiger partial charge on any atom is 0.328 e. The third-order valence-electron chi connectivity index (χ3n) is 6.82. The monoisotopic (exact) mass is 463 g/mol. The van der Waals surface area contributed by atoms with Gasteiger partial charge in [-0.1, -0.05) is 48.5 Å². The Bertz CT molecular complexity index is 1090. The quantitative estimate of drug-likeness (QED) is 0.676. The molecule has 0 bridgehead atoms. The van der Waals surface area contributed by atoms with E-state index in [2.05, 4.69) is 34.2 Å². The van der Waals surface area contributed by atoms with Gasteiger partial charge in [-0.3, -0.25) is 24.7 Å². The van der Waals surface area contributed by atoms with E-state index in [1.165, 1.54) is 4.90 Å². The Kier molecular flexibility index (Phi) is 5.97. The summed E-state index contributed by atoms with van der Waals surface area (Å²) in [6.07, 6.45) is 0.208. The highest BCUT2D eigenvalue weighted by molar-refractivity contribution is 6.02. The number of hydrogen-bond acceptors (Lipinski definition) is 7. The molecule has 9 nitrogen and oxygen atoms in total. The van der Waals surface area contributed by atoms with E-state index < -0.39 is 30.8 Å². The van der Waals surface area contributed by atoms with Crippen LogP contribution in [0.5, 0.6) is 0 Å². The molecule has 0 aromatic heterocycles. The van der Waals surface area contributed by atoms with Crippen LogP contribution in [0.2, 0.25) is 0 Å². The summed E-state index contributed by atoms with van der Waals surface area (Å²) in [6, 6.07) is 16.4. The molecule has 3 aliphatic heterocycles. The van der Waals surface area contributed by atoms with Gasteiger partial charge >= 0.3 is 12.0 Å². The first kappa shape index (κ1) is 22.4. The van der Waals surface area contributed by atoms with Crippen molar-refractivity contribution in [1.29, 1.82) is 0 Å². The number of benzene rings is 2. The number of esters is 1. The van der Waals surface area contributed by atoms with Gasteiger partial charge in [0.15, 0.2) is 0 Å².